The first-order valence-corrected chi connectivity index (χ1v) is 6.26. The maximum Gasteiger partial charge on any atom is 0.174 e. The van der Waals surface area contributed by atoms with E-state index in [4.69, 9.17) is 4.74 Å². The molecule has 0 unspecified atom stereocenters. The van der Waals surface area contributed by atoms with Crippen LogP contribution < -0.4 is 4.74 Å². The van der Waals surface area contributed by atoms with E-state index in [0.29, 0.717) is 17.1 Å². The lowest BCUT2D eigenvalue weighted by molar-refractivity contribution is 0.0997. The van der Waals surface area contributed by atoms with Crippen LogP contribution in [0.4, 0.5) is 5.69 Å². The molecule has 4 nitrogen and oxygen atoms in total. The predicted octanol–water partition coefficient (Wildman–Crippen LogP) is 3.11. The van der Waals surface area contributed by atoms with E-state index in [2.05, 4.69) is 4.99 Å². The standard InChI is InChI=1S/C16H13NO3/c1-20-11-7-13-16(14(18)8-11)15(19)9-12(17-13)10-5-3-2-4-6-10/h2-8,18H,9H2,1H3. The molecule has 100 valence electrons. The van der Waals surface area contributed by atoms with Gasteiger partial charge in [0.2, 0.25) is 0 Å². The molecule has 0 radical (unpaired) electrons. The molecule has 0 atom stereocenters. The summed E-state index contributed by atoms with van der Waals surface area (Å²) in [6.45, 7) is 0. The number of ether oxygens (including phenoxy) is 1. The van der Waals surface area contributed by atoms with Crippen LogP contribution in [0.5, 0.6) is 11.5 Å². The summed E-state index contributed by atoms with van der Waals surface area (Å²) in [5.41, 5.74) is 2.34. The third kappa shape index (κ3) is 2.05. The van der Waals surface area contributed by atoms with Gasteiger partial charge in [-0.3, -0.25) is 9.79 Å². The number of hydrogen-bond donors (Lipinski definition) is 1. The van der Waals surface area contributed by atoms with Crippen molar-refractivity contribution in [1.82, 2.24) is 0 Å². The molecular formula is C16H13NO3. The summed E-state index contributed by atoms with van der Waals surface area (Å²) in [4.78, 5) is 16.7. The number of Topliss-reactive ketones (excluding diaryl/α,β-unsaturated/α-hetero) is 1. The lowest BCUT2D eigenvalue weighted by Crippen LogP contribution is -2.14. The molecule has 1 aliphatic heterocycles. The Balaban J connectivity index is 2.15. The minimum atomic E-state index is -0.131. The number of phenolic OH excluding ortho intramolecular Hbond substituents is 1. The van der Waals surface area contributed by atoms with Crippen LogP contribution in [-0.2, 0) is 0 Å². The normalized spacial score (nSPS) is 13.7. The van der Waals surface area contributed by atoms with Gasteiger partial charge < -0.3 is 9.84 Å². The molecule has 1 aliphatic rings. The van der Waals surface area contributed by atoms with Crippen molar-refractivity contribution in [3.05, 3.63) is 53.6 Å². The molecule has 0 aliphatic carbocycles. The molecule has 0 spiro atoms. The summed E-state index contributed by atoms with van der Waals surface area (Å²) in [5, 5.41) is 9.93. The van der Waals surface area contributed by atoms with Crippen LogP contribution in [-0.4, -0.2) is 23.7 Å². The van der Waals surface area contributed by atoms with E-state index in [-0.39, 0.29) is 23.5 Å². The quantitative estimate of drug-likeness (QED) is 0.909. The fourth-order valence-corrected chi connectivity index (χ4v) is 2.30. The van der Waals surface area contributed by atoms with E-state index in [0.717, 1.165) is 5.56 Å². The number of carbonyl (C=O) groups is 1. The van der Waals surface area contributed by atoms with Gasteiger partial charge in [-0.1, -0.05) is 30.3 Å². The topological polar surface area (TPSA) is 58.9 Å². The number of rotatable bonds is 2. The zero-order chi connectivity index (χ0) is 14.1. The minimum Gasteiger partial charge on any atom is -0.507 e. The molecule has 1 N–H and O–H groups in total. The zero-order valence-corrected chi connectivity index (χ0v) is 11.0. The highest BCUT2D eigenvalue weighted by Crippen LogP contribution is 2.37. The fourth-order valence-electron chi connectivity index (χ4n) is 2.30. The van der Waals surface area contributed by atoms with Crippen LogP contribution in [0.1, 0.15) is 22.3 Å². The minimum absolute atomic E-state index is 0.0831. The first-order chi connectivity index (χ1) is 9.69. The zero-order valence-electron chi connectivity index (χ0n) is 11.0. The van der Waals surface area contributed by atoms with E-state index in [9.17, 15) is 9.90 Å². The lowest BCUT2D eigenvalue weighted by Gasteiger charge is -2.16. The number of fused-ring (bicyclic) bond motifs is 1. The Labute approximate surface area is 116 Å². The molecule has 1 heterocycles. The number of methoxy groups -OCH3 is 1. The third-order valence-electron chi connectivity index (χ3n) is 3.28. The number of aliphatic imine (C=N–C) groups is 1. The van der Waals surface area contributed by atoms with Gasteiger partial charge in [-0.15, -0.1) is 0 Å². The maximum atomic E-state index is 12.2. The highest BCUT2D eigenvalue weighted by Gasteiger charge is 2.25. The molecule has 0 bridgehead atoms. The van der Waals surface area contributed by atoms with Crippen molar-refractivity contribution in [1.29, 1.82) is 0 Å². The molecule has 4 heteroatoms. The van der Waals surface area contributed by atoms with Gasteiger partial charge in [-0.2, -0.15) is 0 Å². The van der Waals surface area contributed by atoms with Gasteiger partial charge in [0, 0.05) is 12.1 Å². The van der Waals surface area contributed by atoms with Crippen LogP contribution in [0.3, 0.4) is 0 Å². The maximum absolute atomic E-state index is 12.2. The van der Waals surface area contributed by atoms with Gasteiger partial charge in [-0.05, 0) is 5.56 Å². The molecule has 0 saturated carbocycles. The molecule has 0 amide bonds. The first-order valence-electron chi connectivity index (χ1n) is 6.26. The summed E-state index contributed by atoms with van der Waals surface area (Å²) in [6, 6.07) is 12.6. The van der Waals surface area contributed by atoms with E-state index in [1.54, 1.807) is 6.07 Å². The highest BCUT2D eigenvalue weighted by molar-refractivity contribution is 6.21. The molecule has 0 fully saturated rings. The average Bonchev–Trinajstić information content (AvgIpc) is 2.47. The SMILES string of the molecule is COc1cc(O)c2c(c1)N=C(c1ccccc1)CC2=O. The average molecular weight is 267 g/mol. The van der Waals surface area contributed by atoms with Crippen molar-refractivity contribution in [2.24, 2.45) is 4.99 Å². The van der Waals surface area contributed by atoms with Crippen LogP contribution in [0.2, 0.25) is 0 Å². The first kappa shape index (κ1) is 12.4. The Hall–Kier alpha value is -2.62. The van der Waals surface area contributed by atoms with Gasteiger partial charge in [0.1, 0.15) is 11.5 Å². The Morgan fingerprint density at radius 1 is 1.20 bits per heavy atom. The number of ketones is 1. The van der Waals surface area contributed by atoms with E-state index in [1.165, 1.54) is 13.2 Å². The van der Waals surface area contributed by atoms with Crippen LogP contribution >= 0.6 is 0 Å². The smallest absolute Gasteiger partial charge is 0.174 e. The molecular weight excluding hydrogens is 254 g/mol. The van der Waals surface area contributed by atoms with Crippen molar-refractivity contribution in [3.63, 3.8) is 0 Å². The summed E-state index contributed by atoms with van der Waals surface area (Å²) < 4.78 is 5.10. The number of aromatic hydroxyl groups is 1. The van der Waals surface area contributed by atoms with Crippen molar-refractivity contribution in [2.45, 2.75) is 6.42 Å². The molecule has 20 heavy (non-hydrogen) atoms. The van der Waals surface area contributed by atoms with Gasteiger partial charge in [0.15, 0.2) is 5.78 Å². The van der Waals surface area contributed by atoms with Crippen molar-refractivity contribution in [3.8, 4) is 11.5 Å². The Morgan fingerprint density at radius 2 is 1.95 bits per heavy atom. The molecule has 0 saturated heterocycles. The monoisotopic (exact) mass is 267 g/mol. The van der Waals surface area contributed by atoms with E-state index < -0.39 is 0 Å². The van der Waals surface area contributed by atoms with Crippen LogP contribution in [0.15, 0.2) is 47.5 Å². The predicted molar refractivity (Wildman–Crippen MR) is 76.2 cm³/mol. The van der Waals surface area contributed by atoms with Gasteiger partial charge in [-0.25, -0.2) is 0 Å². The number of benzene rings is 2. The molecule has 2 aromatic rings. The second-order valence-corrected chi connectivity index (χ2v) is 4.57. The summed E-state index contributed by atoms with van der Waals surface area (Å²) in [5.74, 6) is 0.265. The fraction of sp³-hybridized carbons (Fsp3) is 0.125. The summed E-state index contributed by atoms with van der Waals surface area (Å²) in [7, 11) is 1.51. The Kier molecular flexibility index (Phi) is 2.99. The van der Waals surface area contributed by atoms with Crippen molar-refractivity contribution in [2.75, 3.05) is 7.11 Å². The molecule has 2 aromatic carbocycles. The number of hydrogen-bond acceptors (Lipinski definition) is 4. The van der Waals surface area contributed by atoms with Gasteiger partial charge in [0.05, 0.1) is 30.5 Å². The van der Waals surface area contributed by atoms with Crippen LogP contribution in [0.25, 0.3) is 0 Å². The lowest BCUT2D eigenvalue weighted by atomic mass is 9.95. The number of carbonyl (C=O) groups excluding carboxylic acids is 1. The highest BCUT2D eigenvalue weighted by atomic mass is 16.5. The molecule has 3 rings (SSSR count). The van der Waals surface area contributed by atoms with Crippen molar-refractivity contribution < 1.29 is 14.6 Å². The third-order valence-corrected chi connectivity index (χ3v) is 3.28. The number of nitrogens with zero attached hydrogens (tertiary/aromatic N) is 1. The van der Waals surface area contributed by atoms with Crippen molar-refractivity contribution >= 4 is 17.2 Å². The summed E-state index contributed by atoms with van der Waals surface area (Å²) >= 11 is 0. The van der Waals surface area contributed by atoms with Gasteiger partial charge in [0.25, 0.3) is 0 Å². The largest absolute Gasteiger partial charge is 0.507 e. The Bertz CT molecular complexity index is 705. The van der Waals surface area contributed by atoms with E-state index >= 15 is 0 Å². The summed E-state index contributed by atoms with van der Waals surface area (Å²) in [6.07, 6.45) is 0.191. The second kappa shape index (κ2) is 4.81. The van der Waals surface area contributed by atoms with E-state index in [1.807, 2.05) is 30.3 Å². The van der Waals surface area contributed by atoms with Crippen LogP contribution in [0, 0.1) is 0 Å². The second-order valence-electron chi connectivity index (χ2n) is 4.57. The molecule has 0 aromatic heterocycles. The number of phenols is 1. The Morgan fingerprint density at radius 3 is 2.65 bits per heavy atom. The van der Waals surface area contributed by atoms with Gasteiger partial charge >= 0.3 is 0 Å².